The molecule has 3 fully saturated rings. The monoisotopic (exact) mass is 477 g/mol. The molecule has 11 heteroatoms. The van der Waals surface area contributed by atoms with Crippen molar-refractivity contribution in [1.82, 2.24) is 19.5 Å². The lowest BCUT2D eigenvalue weighted by Crippen LogP contribution is -2.31. The molecule has 5 rings (SSSR count). The van der Waals surface area contributed by atoms with Crippen LogP contribution >= 0.6 is 7.60 Å². The van der Waals surface area contributed by atoms with Crippen molar-refractivity contribution in [2.75, 3.05) is 5.73 Å². The highest BCUT2D eigenvalue weighted by atomic mass is 31.2. The van der Waals surface area contributed by atoms with E-state index in [-0.39, 0.29) is 41.8 Å². The fraction of sp³-hybridized carbons (Fsp3) is 0.682. The number of hydrogen-bond acceptors (Lipinski definition) is 9. The summed E-state index contributed by atoms with van der Waals surface area (Å²) in [7, 11) is -3.43. The third-order valence-electron chi connectivity index (χ3n) is 6.50. The number of anilines is 1. The Bertz CT molecular complexity index is 1130. The van der Waals surface area contributed by atoms with E-state index in [0.29, 0.717) is 17.0 Å². The zero-order valence-corrected chi connectivity index (χ0v) is 20.7. The summed E-state index contributed by atoms with van der Waals surface area (Å²) in [5, 5.41) is 0. The lowest BCUT2D eigenvalue weighted by molar-refractivity contribution is -0.159. The second-order valence-electron chi connectivity index (χ2n) is 10.2. The van der Waals surface area contributed by atoms with Gasteiger partial charge in [0.2, 0.25) is 0 Å². The van der Waals surface area contributed by atoms with Gasteiger partial charge in [0.1, 0.15) is 17.9 Å². The van der Waals surface area contributed by atoms with Crippen molar-refractivity contribution in [2.45, 2.75) is 84.2 Å². The Morgan fingerprint density at radius 2 is 1.88 bits per heavy atom. The molecule has 1 saturated heterocycles. The van der Waals surface area contributed by atoms with Crippen molar-refractivity contribution in [3.05, 3.63) is 24.5 Å². The van der Waals surface area contributed by atoms with Gasteiger partial charge in [-0.2, -0.15) is 0 Å². The van der Waals surface area contributed by atoms with Crippen LogP contribution in [0.2, 0.25) is 0 Å². The summed E-state index contributed by atoms with van der Waals surface area (Å²) in [5.74, 6) is 1.42. The van der Waals surface area contributed by atoms with E-state index in [4.69, 9.17) is 24.3 Å². The van der Waals surface area contributed by atoms with Crippen molar-refractivity contribution in [3.63, 3.8) is 0 Å². The van der Waals surface area contributed by atoms with Gasteiger partial charge in [0.05, 0.1) is 30.7 Å². The predicted octanol–water partition coefficient (Wildman–Crippen LogP) is 4.05. The second-order valence-corrected chi connectivity index (χ2v) is 12.0. The second kappa shape index (κ2) is 7.58. The molecule has 0 aromatic carbocycles. The molecular weight excluding hydrogens is 445 g/mol. The van der Waals surface area contributed by atoms with Crippen molar-refractivity contribution in [1.29, 1.82) is 0 Å². The Kier molecular flexibility index (Phi) is 5.27. The zero-order chi connectivity index (χ0) is 23.8. The Morgan fingerprint density at radius 1 is 1.18 bits per heavy atom. The molecule has 1 aliphatic heterocycles. The van der Waals surface area contributed by atoms with Gasteiger partial charge in [-0.15, -0.1) is 0 Å². The minimum Gasteiger partial charge on any atom is -0.382 e. The average Bonchev–Trinajstić information content (AvgIpc) is 2.95. The van der Waals surface area contributed by atoms with Gasteiger partial charge in [-0.3, -0.25) is 4.57 Å². The van der Waals surface area contributed by atoms with Crippen LogP contribution in [-0.2, 0) is 23.1 Å². The highest BCUT2D eigenvalue weighted by Gasteiger charge is 2.75. The number of nitrogens with two attached hydrogens (primary N) is 1. The molecule has 2 N–H and O–H groups in total. The normalized spacial score (nSPS) is 32.8. The van der Waals surface area contributed by atoms with Crippen LogP contribution in [0, 0.1) is 11.3 Å². The van der Waals surface area contributed by atoms with Gasteiger partial charge < -0.3 is 28.8 Å². The van der Waals surface area contributed by atoms with Gasteiger partial charge >= 0.3 is 7.60 Å². The third kappa shape index (κ3) is 3.82. The molecule has 5 atom stereocenters. The maximum atomic E-state index is 13.4. The standard InChI is InChI=1S/C22H32N5O5P/c1-12(2)31-33(28,32-13(3)4)8-7-22-9-14(22)16(17-18(22)30-21(5,6)29-17)27-11-26-15-19(23)24-10-25-20(15)27/h7-8,10-14,16-18H,9H2,1-6H3,(H2,23,24,25)/b8-7+/t14-,16-,17+,18+,22?/m1/s1. The van der Waals surface area contributed by atoms with Crippen LogP contribution < -0.4 is 5.73 Å². The summed E-state index contributed by atoms with van der Waals surface area (Å²) in [4.78, 5) is 12.9. The number of hydrogen-bond donors (Lipinski definition) is 1. The summed E-state index contributed by atoms with van der Waals surface area (Å²) in [6.07, 6.45) is 5.15. The number of rotatable bonds is 7. The molecule has 1 unspecified atom stereocenters. The number of nitrogens with zero attached hydrogens (tertiary/aromatic N) is 4. The van der Waals surface area contributed by atoms with Crippen LogP contribution in [0.3, 0.4) is 0 Å². The number of nitrogen functional groups attached to an aromatic ring is 1. The molecule has 33 heavy (non-hydrogen) atoms. The van der Waals surface area contributed by atoms with E-state index < -0.39 is 13.4 Å². The molecule has 2 aromatic heterocycles. The molecule has 3 aliphatic rings. The van der Waals surface area contributed by atoms with E-state index in [2.05, 4.69) is 15.0 Å². The summed E-state index contributed by atoms with van der Waals surface area (Å²) < 4.78 is 39.7. The van der Waals surface area contributed by atoms with Crippen LogP contribution in [0.1, 0.15) is 54.0 Å². The molecule has 2 saturated carbocycles. The maximum Gasteiger partial charge on any atom is 0.354 e. The molecule has 0 radical (unpaired) electrons. The van der Waals surface area contributed by atoms with Crippen LogP contribution in [0.25, 0.3) is 11.2 Å². The molecule has 2 aliphatic carbocycles. The van der Waals surface area contributed by atoms with E-state index in [9.17, 15) is 4.57 Å². The van der Waals surface area contributed by atoms with E-state index in [1.807, 2.05) is 52.2 Å². The molecule has 180 valence electrons. The molecular formula is C22H32N5O5P. The van der Waals surface area contributed by atoms with Gasteiger partial charge in [-0.05, 0) is 53.9 Å². The fourth-order valence-corrected chi connectivity index (χ4v) is 7.24. The summed E-state index contributed by atoms with van der Waals surface area (Å²) in [6, 6.07) is -0.0582. The molecule has 2 aromatic rings. The summed E-state index contributed by atoms with van der Waals surface area (Å²) in [5.41, 5.74) is 6.91. The number of aromatic nitrogens is 4. The first-order chi connectivity index (χ1) is 15.4. The van der Waals surface area contributed by atoms with Crippen LogP contribution in [0.5, 0.6) is 0 Å². The van der Waals surface area contributed by atoms with Crippen molar-refractivity contribution >= 4 is 24.6 Å². The summed E-state index contributed by atoms with van der Waals surface area (Å²) >= 11 is 0. The lowest BCUT2D eigenvalue weighted by atomic mass is 9.99. The van der Waals surface area contributed by atoms with Gasteiger partial charge in [-0.1, -0.05) is 6.08 Å². The SMILES string of the molecule is CC(C)OP(=O)(/C=C/C12C[C@@H]1[C@@H](n1cnc3c(N)ncnc31)[C@@H]1OC(C)(C)O[C@@H]12)OC(C)C. The Labute approximate surface area is 193 Å². The maximum absolute atomic E-state index is 13.4. The van der Waals surface area contributed by atoms with Crippen LogP contribution in [0.4, 0.5) is 5.82 Å². The van der Waals surface area contributed by atoms with E-state index in [1.165, 1.54) is 6.33 Å². The van der Waals surface area contributed by atoms with Crippen molar-refractivity contribution in [2.24, 2.45) is 11.3 Å². The Hall–Kier alpha value is -1.84. The predicted molar refractivity (Wildman–Crippen MR) is 122 cm³/mol. The topological polar surface area (TPSA) is 124 Å². The average molecular weight is 478 g/mol. The van der Waals surface area contributed by atoms with Crippen LogP contribution in [0.15, 0.2) is 24.5 Å². The van der Waals surface area contributed by atoms with Gasteiger partial charge in [0.15, 0.2) is 17.3 Å². The minimum absolute atomic E-state index is 0.0582. The number of ether oxygens (including phenoxy) is 2. The largest absolute Gasteiger partial charge is 0.382 e. The number of imidazole rings is 1. The third-order valence-corrected chi connectivity index (χ3v) is 8.45. The molecule has 0 spiro atoms. The molecule has 0 amide bonds. The van der Waals surface area contributed by atoms with Crippen molar-refractivity contribution in [3.8, 4) is 0 Å². The quantitative estimate of drug-likeness (QED) is 0.588. The highest BCUT2D eigenvalue weighted by Crippen LogP contribution is 2.73. The van der Waals surface area contributed by atoms with E-state index in [1.54, 1.807) is 12.1 Å². The minimum atomic E-state index is -3.43. The number of fused-ring (bicyclic) bond motifs is 4. The smallest absolute Gasteiger partial charge is 0.354 e. The van der Waals surface area contributed by atoms with Crippen LogP contribution in [-0.4, -0.2) is 49.7 Å². The first-order valence-corrected chi connectivity index (χ1v) is 13.0. The first-order valence-electron chi connectivity index (χ1n) is 11.4. The Morgan fingerprint density at radius 3 is 2.55 bits per heavy atom. The van der Waals surface area contributed by atoms with Gasteiger partial charge in [0, 0.05) is 11.2 Å². The van der Waals surface area contributed by atoms with Gasteiger partial charge in [-0.25, -0.2) is 15.0 Å². The van der Waals surface area contributed by atoms with Gasteiger partial charge in [0.25, 0.3) is 0 Å². The van der Waals surface area contributed by atoms with E-state index >= 15 is 0 Å². The van der Waals surface area contributed by atoms with Crippen molar-refractivity contribution < 1.29 is 23.1 Å². The Balaban J connectivity index is 1.52. The summed E-state index contributed by atoms with van der Waals surface area (Å²) in [6.45, 7) is 11.2. The molecule has 10 nitrogen and oxygen atoms in total. The highest BCUT2D eigenvalue weighted by molar-refractivity contribution is 7.57. The lowest BCUT2D eigenvalue weighted by Gasteiger charge is -2.24. The fourth-order valence-electron chi connectivity index (χ4n) is 5.41. The molecule has 0 bridgehead atoms. The molecule has 3 heterocycles. The van der Waals surface area contributed by atoms with E-state index in [0.717, 1.165) is 6.42 Å². The first kappa shape index (κ1) is 22.9. The zero-order valence-electron chi connectivity index (χ0n) is 19.8.